The van der Waals surface area contributed by atoms with E-state index in [1.807, 2.05) is 0 Å². The number of hydrogen-bond donors (Lipinski definition) is 0. The molecule has 178 valence electrons. The van der Waals surface area contributed by atoms with Crippen molar-refractivity contribution in [2.45, 2.75) is 116 Å². The molecule has 32 heavy (non-hydrogen) atoms. The predicted octanol–water partition coefficient (Wildman–Crippen LogP) is 7.50. The van der Waals surface area contributed by atoms with Crippen LogP contribution >= 0.6 is 0 Å². The molecule has 1 aromatic carbocycles. The van der Waals surface area contributed by atoms with E-state index in [0.29, 0.717) is 11.1 Å². The van der Waals surface area contributed by atoms with E-state index in [2.05, 4.69) is 13.8 Å². The zero-order chi connectivity index (χ0) is 22.8. The van der Waals surface area contributed by atoms with Gasteiger partial charge in [0.05, 0.1) is 11.1 Å². The number of hydrogen-bond acceptors (Lipinski definition) is 4. The van der Waals surface area contributed by atoms with Crippen LogP contribution in [0.5, 0.6) is 0 Å². The van der Waals surface area contributed by atoms with Crippen LogP contribution in [0.4, 0.5) is 0 Å². The number of carbonyl (C=O) groups excluding carboxylic acids is 2. The molecule has 1 aromatic rings. The monoisotopic (exact) mass is 442 g/mol. The van der Waals surface area contributed by atoms with Gasteiger partial charge in [-0.25, -0.2) is 9.59 Å². The molecule has 2 aliphatic rings. The van der Waals surface area contributed by atoms with Gasteiger partial charge in [-0.3, -0.25) is 0 Å². The Morgan fingerprint density at radius 3 is 1.41 bits per heavy atom. The number of unbranched alkanes of at least 4 members (excludes halogenated alkanes) is 2. The Balaban J connectivity index is 1.50. The van der Waals surface area contributed by atoms with Crippen LogP contribution in [0.15, 0.2) is 24.3 Å². The third-order valence-electron chi connectivity index (χ3n) is 7.43. The predicted molar refractivity (Wildman–Crippen MR) is 128 cm³/mol. The molecular formula is C28H42O4. The minimum atomic E-state index is -0.391. The zero-order valence-electron chi connectivity index (χ0n) is 20.2. The lowest BCUT2D eigenvalue weighted by molar-refractivity contribution is 0.0116. The highest BCUT2D eigenvalue weighted by molar-refractivity contribution is 6.03. The second-order valence-electron chi connectivity index (χ2n) is 9.93. The normalized spacial score (nSPS) is 25.8. The van der Waals surface area contributed by atoms with Gasteiger partial charge in [0.2, 0.25) is 0 Å². The van der Waals surface area contributed by atoms with E-state index in [0.717, 1.165) is 63.2 Å². The number of ether oxygens (including phenoxy) is 2. The third kappa shape index (κ3) is 7.35. The average molecular weight is 443 g/mol. The van der Waals surface area contributed by atoms with E-state index in [4.69, 9.17) is 9.47 Å². The van der Waals surface area contributed by atoms with Crippen LogP contribution in [0, 0.1) is 11.8 Å². The molecule has 0 aromatic heterocycles. The maximum atomic E-state index is 12.9. The summed E-state index contributed by atoms with van der Waals surface area (Å²) in [5.41, 5.74) is 0.671. The number of rotatable bonds is 10. The van der Waals surface area contributed by atoms with Crippen molar-refractivity contribution < 1.29 is 19.1 Å². The summed E-state index contributed by atoms with van der Waals surface area (Å²) in [6.07, 6.45) is 15.7. The van der Waals surface area contributed by atoms with Crippen LogP contribution in [0.25, 0.3) is 0 Å². The molecule has 0 unspecified atom stereocenters. The first-order valence-corrected chi connectivity index (χ1v) is 13.1. The first kappa shape index (κ1) is 24.8. The van der Waals surface area contributed by atoms with E-state index in [-0.39, 0.29) is 12.2 Å². The van der Waals surface area contributed by atoms with Gasteiger partial charge in [0.1, 0.15) is 12.2 Å². The highest BCUT2D eigenvalue weighted by atomic mass is 16.5. The zero-order valence-corrected chi connectivity index (χ0v) is 20.2. The van der Waals surface area contributed by atoms with Crippen molar-refractivity contribution in [2.75, 3.05) is 0 Å². The van der Waals surface area contributed by atoms with Gasteiger partial charge in [-0.15, -0.1) is 0 Å². The molecule has 0 N–H and O–H groups in total. The third-order valence-corrected chi connectivity index (χ3v) is 7.43. The first-order valence-electron chi connectivity index (χ1n) is 13.1. The Bertz CT molecular complexity index is 651. The lowest BCUT2D eigenvalue weighted by Crippen LogP contribution is -2.27. The summed E-state index contributed by atoms with van der Waals surface area (Å²) < 4.78 is 11.6. The van der Waals surface area contributed by atoms with E-state index < -0.39 is 11.9 Å². The molecular weight excluding hydrogens is 400 g/mol. The molecule has 2 aliphatic carbocycles. The van der Waals surface area contributed by atoms with Gasteiger partial charge in [0.15, 0.2) is 0 Å². The van der Waals surface area contributed by atoms with Crippen molar-refractivity contribution in [3.05, 3.63) is 35.4 Å². The summed E-state index contributed by atoms with van der Waals surface area (Å²) in [5.74, 6) is 0.754. The maximum absolute atomic E-state index is 12.9. The molecule has 0 amide bonds. The molecule has 0 spiro atoms. The van der Waals surface area contributed by atoms with Crippen molar-refractivity contribution in [1.82, 2.24) is 0 Å². The maximum Gasteiger partial charge on any atom is 0.339 e. The first-order chi connectivity index (χ1) is 15.6. The SMILES string of the molecule is CCCCC1CCC(OC(=O)c2ccccc2C(=O)OC2CCC(CCCC)CC2)CC1. The van der Waals surface area contributed by atoms with Gasteiger partial charge in [0.25, 0.3) is 0 Å². The standard InChI is InChI=1S/C28H42O4/c1-3-5-9-21-13-17-23(18-14-21)31-27(29)25-11-7-8-12-26(25)28(30)32-24-19-15-22(16-20-24)10-6-4-2/h7-8,11-12,21-24H,3-6,9-10,13-20H2,1-2H3. The molecule has 2 fully saturated rings. The number of carbonyl (C=O) groups is 2. The Labute approximate surface area is 194 Å². The van der Waals surface area contributed by atoms with Crippen LogP contribution in [0.2, 0.25) is 0 Å². The fourth-order valence-electron chi connectivity index (χ4n) is 5.33. The van der Waals surface area contributed by atoms with Gasteiger partial charge in [0, 0.05) is 0 Å². The van der Waals surface area contributed by atoms with Crippen LogP contribution in [0.3, 0.4) is 0 Å². The second kappa shape index (κ2) is 13.0. The molecule has 0 radical (unpaired) electrons. The molecule has 4 nitrogen and oxygen atoms in total. The van der Waals surface area contributed by atoms with Crippen molar-refractivity contribution in [3.63, 3.8) is 0 Å². The molecule has 4 heteroatoms. The highest BCUT2D eigenvalue weighted by Crippen LogP contribution is 2.32. The van der Waals surface area contributed by atoms with E-state index in [9.17, 15) is 9.59 Å². The lowest BCUT2D eigenvalue weighted by Gasteiger charge is -2.29. The van der Waals surface area contributed by atoms with Crippen LogP contribution in [-0.4, -0.2) is 24.1 Å². The summed E-state index contributed by atoms with van der Waals surface area (Å²) in [6.45, 7) is 4.46. The molecule has 0 saturated heterocycles. The second-order valence-corrected chi connectivity index (χ2v) is 9.93. The van der Waals surface area contributed by atoms with E-state index in [1.54, 1.807) is 24.3 Å². The van der Waals surface area contributed by atoms with Gasteiger partial charge in [-0.2, -0.15) is 0 Å². The average Bonchev–Trinajstić information content (AvgIpc) is 2.83. The minimum Gasteiger partial charge on any atom is -0.459 e. The summed E-state index contributed by atoms with van der Waals surface area (Å²) in [7, 11) is 0. The smallest absolute Gasteiger partial charge is 0.339 e. The highest BCUT2D eigenvalue weighted by Gasteiger charge is 2.28. The van der Waals surface area contributed by atoms with Gasteiger partial charge in [-0.05, 0) is 75.3 Å². The Kier molecular flexibility index (Phi) is 10.1. The van der Waals surface area contributed by atoms with Crippen LogP contribution in [0.1, 0.15) is 124 Å². The molecule has 0 aliphatic heterocycles. The van der Waals surface area contributed by atoms with E-state index >= 15 is 0 Å². The Morgan fingerprint density at radius 1 is 0.688 bits per heavy atom. The van der Waals surface area contributed by atoms with Crippen molar-refractivity contribution in [2.24, 2.45) is 11.8 Å². The van der Waals surface area contributed by atoms with Crippen molar-refractivity contribution in [3.8, 4) is 0 Å². The van der Waals surface area contributed by atoms with Crippen molar-refractivity contribution in [1.29, 1.82) is 0 Å². The quantitative estimate of drug-likeness (QED) is 0.352. The summed E-state index contributed by atoms with van der Waals surface area (Å²) >= 11 is 0. The fourth-order valence-corrected chi connectivity index (χ4v) is 5.33. The Hall–Kier alpha value is -1.84. The Morgan fingerprint density at radius 2 is 1.06 bits per heavy atom. The molecule has 2 saturated carbocycles. The molecule has 0 heterocycles. The summed E-state index contributed by atoms with van der Waals surface area (Å²) in [4.78, 5) is 25.8. The number of benzene rings is 1. The number of esters is 2. The largest absolute Gasteiger partial charge is 0.459 e. The minimum absolute atomic E-state index is 0.0390. The van der Waals surface area contributed by atoms with Gasteiger partial charge >= 0.3 is 11.9 Å². The topological polar surface area (TPSA) is 52.6 Å². The summed E-state index contributed by atoms with van der Waals surface area (Å²) in [6, 6.07) is 6.95. The fraction of sp³-hybridized carbons (Fsp3) is 0.714. The van der Waals surface area contributed by atoms with Crippen LogP contribution in [-0.2, 0) is 9.47 Å². The molecule has 0 atom stereocenters. The van der Waals surface area contributed by atoms with Gasteiger partial charge < -0.3 is 9.47 Å². The molecule has 3 rings (SSSR count). The van der Waals surface area contributed by atoms with Crippen LogP contribution < -0.4 is 0 Å². The van der Waals surface area contributed by atoms with Gasteiger partial charge in [-0.1, -0.05) is 64.5 Å². The lowest BCUT2D eigenvalue weighted by atomic mass is 9.84. The van der Waals surface area contributed by atoms with Crippen molar-refractivity contribution >= 4 is 11.9 Å². The molecule has 0 bridgehead atoms. The van der Waals surface area contributed by atoms with E-state index in [1.165, 1.54) is 38.5 Å². The summed E-state index contributed by atoms with van der Waals surface area (Å²) in [5, 5.41) is 0.